The molecule has 0 unspecified atom stereocenters. The molecule has 6 nitrogen and oxygen atoms in total. The van der Waals surface area contributed by atoms with E-state index in [1.807, 2.05) is 17.0 Å². The Kier molecular flexibility index (Phi) is 4.82. The predicted molar refractivity (Wildman–Crippen MR) is 87.3 cm³/mol. The van der Waals surface area contributed by atoms with E-state index in [0.717, 1.165) is 25.1 Å². The highest BCUT2D eigenvalue weighted by Crippen LogP contribution is 2.31. The summed E-state index contributed by atoms with van der Waals surface area (Å²) in [6.07, 6.45) is 3.14. The van der Waals surface area contributed by atoms with E-state index >= 15 is 0 Å². The van der Waals surface area contributed by atoms with Gasteiger partial charge in [0.1, 0.15) is 5.69 Å². The highest BCUT2D eigenvalue weighted by atomic mass is 16.7. The summed E-state index contributed by atoms with van der Waals surface area (Å²) in [5.41, 5.74) is 1.43. The number of nitrogens with zero attached hydrogens (tertiary/aromatic N) is 2. The van der Waals surface area contributed by atoms with E-state index < -0.39 is 5.79 Å². The number of anilines is 1. The van der Waals surface area contributed by atoms with E-state index in [1.165, 1.54) is 0 Å². The number of nitrogens with one attached hydrogen (secondary N) is 1. The minimum Gasteiger partial charge on any atom is -0.385 e. The zero-order valence-electron chi connectivity index (χ0n) is 13.9. The molecule has 2 saturated heterocycles. The lowest BCUT2D eigenvalue weighted by atomic mass is 10.0. The predicted octanol–water partition coefficient (Wildman–Crippen LogP) is 2.13. The number of rotatable bonds is 4. The average molecular weight is 319 g/mol. The summed E-state index contributed by atoms with van der Waals surface area (Å²) in [5.74, 6) is 0.0725. The van der Waals surface area contributed by atoms with Gasteiger partial charge < -0.3 is 19.7 Å². The molecular formula is C17H25N3O3. The molecule has 3 heterocycles. The molecule has 1 aromatic heterocycles. The van der Waals surface area contributed by atoms with Gasteiger partial charge in [0.15, 0.2) is 5.79 Å². The highest BCUT2D eigenvalue weighted by molar-refractivity contribution is 5.93. The first-order chi connectivity index (χ1) is 11.1. The van der Waals surface area contributed by atoms with Gasteiger partial charge in [0.25, 0.3) is 5.91 Å². The van der Waals surface area contributed by atoms with E-state index in [9.17, 15) is 4.79 Å². The van der Waals surface area contributed by atoms with Gasteiger partial charge in [-0.25, -0.2) is 0 Å². The van der Waals surface area contributed by atoms with Gasteiger partial charge in [0, 0.05) is 44.4 Å². The van der Waals surface area contributed by atoms with Crippen molar-refractivity contribution in [1.82, 2.24) is 9.88 Å². The third-order valence-electron chi connectivity index (χ3n) is 4.32. The largest absolute Gasteiger partial charge is 0.385 e. The molecule has 1 N–H and O–H groups in total. The Balaban J connectivity index is 1.61. The van der Waals surface area contributed by atoms with Crippen LogP contribution in [0.25, 0.3) is 0 Å². The monoisotopic (exact) mass is 319 g/mol. The SMILES string of the molecule is CC(C)CNc1ccnc(C(=O)N2CCC3(CC2)OCCO3)c1. The van der Waals surface area contributed by atoms with Crippen LogP contribution in [0.5, 0.6) is 0 Å². The van der Waals surface area contributed by atoms with Gasteiger partial charge in [-0.15, -0.1) is 0 Å². The molecule has 0 aromatic carbocycles. The zero-order chi connectivity index (χ0) is 16.3. The molecule has 2 aliphatic heterocycles. The summed E-state index contributed by atoms with van der Waals surface area (Å²) in [4.78, 5) is 18.7. The average Bonchev–Trinajstić information content (AvgIpc) is 3.01. The van der Waals surface area contributed by atoms with Crippen LogP contribution in [0.1, 0.15) is 37.2 Å². The molecule has 1 amide bonds. The Hall–Kier alpha value is -1.66. The second kappa shape index (κ2) is 6.84. The molecule has 0 saturated carbocycles. The lowest BCUT2D eigenvalue weighted by Gasteiger charge is -2.37. The first kappa shape index (κ1) is 16.2. The van der Waals surface area contributed by atoms with E-state index in [1.54, 1.807) is 6.20 Å². The van der Waals surface area contributed by atoms with Crippen LogP contribution in [0.4, 0.5) is 5.69 Å². The second-order valence-corrected chi connectivity index (χ2v) is 6.60. The topological polar surface area (TPSA) is 63.7 Å². The number of pyridine rings is 1. The molecule has 1 aromatic rings. The number of likely N-dealkylation sites (tertiary alicyclic amines) is 1. The minimum atomic E-state index is -0.453. The Morgan fingerprint density at radius 3 is 2.70 bits per heavy atom. The van der Waals surface area contributed by atoms with Crippen LogP contribution >= 0.6 is 0 Å². The van der Waals surface area contributed by atoms with Crippen molar-refractivity contribution in [2.24, 2.45) is 5.92 Å². The summed E-state index contributed by atoms with van der Waals surface area (Å²) in [5, 5.41) is 3.33. The van der Waals surface area contributed by atoms with Gasteiger partial charge in [0.2, 0.25) is 0 Å². The van der Waals surface area contributed by atoms with Crippen molar-refractivity contribution in [3.63, 3.8) is 0 Å². The maximum absolute atomic E-state index is 12.6. The van der Waals surface area contributed by atoms with Crippen molar-refractivity contribution in [2.45, 2.75) is 32.5 Å². The van der Waals surface area contributed by atoms with E-state index in [4.69, 9.17) is 9.47 Å². The second-order valence-electron chi connectivity index (χ2n) is 6.60. The molecule has 0 atom stereocenters. The number of aromatic nitrogens is 1. The van der Waals surface area contributed by atoms with Crippen molar-refractivity contribution in [3.05, 3.63) is 24.0 Å². The fourth-order valence-electron chi connectivity index (χ4n) is 2.98. The number of carbonyl (C=O) groups excluding carboxylic acids is 1. The van der Waals surface area contributed by atoms with Crippen LogP contribution in [0.3, 0.4) is 0 Å². The van der Waals surface area contributed by atoms with Crippen molar-refractivity contribution >= 4 is 11.6 Å². The third-order valence-corrected chi connectivity index (χ3v) is 4.32. The van der Waals surface area contributed by atoms with Crippen molar-refractivity contribution in [1.29, 1.82) is 0 Å². The summed E-state index contributed by atoms with van der Waals surface area (Å²) < 4.78 is 11.4. The summed E-state index contributed by atoms with van der Waals surface area (Å²) in [6.45, 7) is 7.76. The molecule has 2 fully saturated rings. The van der Waals surface area contributed by atoms with Crippen molar-refractivity contribution < 1.29 is 14.3 Å². The smallest absolute Gasteiger partial charge is 0.272 e. The maximum atomic E-state index is 12.6. The first-order valence-electron chi connectivity index (χ1n) is 8.35. The number of hydrogen-bond donors (Lipinski definition) is 1. The summed E-state index contributed by atoms with van der Waals surface area (Å²) >= 11 is 0. The van der Waals surface area contributed by atoms with Crippen LogP contribution < -0.4 is 5.32 Å². The summed E-state index contributed by atoms with van der Waals surface area (Å²) in [7, 11) is 0. The lowest BCUT2D eigenvalue weighted by molar-refractivity contribution is -0.181. The number of piperidine rings is 1. The molecule has 1 spiro atoms. The highest BCUT2D eigenvalue weighted by Gasteiger charge is 2.41. The number of ether oxygens (including phenoxy) is 2. The first-order valence-corrected chi connectivity index (χ1v) is 8.35. The van der Waals surface area contributed by atoms with Crippen molar-refractivity contribution in [3.8, 4) is 0 Å². The zero-order valence-corrected chi connectivity index (χ0v) is 13.9. The molecule has 6 heteroatoms. The molecular weight excluding hydrogens is 294 g/mol. The van der Waals surface area contributed by atoms with Gasteiger partial charge >= 0.3 is 0 Å². The van der Waals surface area contributed by atoms with Crippen molar-refractivity contribution in [2.75, 3.05) is 38.2 Å². The van der Waals surface area contributed by atoms with Gasteiger partial charge in [-0.1, -0.05) is 13.8 Å². The fourth-order valence-corrected chi connectivity index (χ4v) is 2.98. The molecule has 0 bridgehead atoms. The quantitative estimate of drug-likeness (QED) is 0.921. The van der Waals surface area contributed by atoms with Crippen LogP contribution in [0, 0.1) is 5.92 Å². The van der Waals surface area contributed by atoms with Gasteiger partial charge in [0.05, 0.1) is 13.2 Å². The molecule has 0 aliphatic carbocycles. The van der Waals surface area contributed by atoms with E-state index in [0.29, 0.717) is 37.9 Å². The third kappa shape index (κ3) is 3.82. The molecule has 3 rings (SSSR count). The molecule has 126 valence electrons. The van der Waals surface area contributed by atoms with E-state index in [-0.39, 0.29) is 5.91 Å². The normalized spacial score (nSPS) is 20.2. The van der Waals surface area contributed by atoms with Crippen LogP contribution in [0.2, 0.25) is 0 Å². The maximum Gasteiger partial charge on any atom is 0.272 e. The molecule has 23 heavy (non-hydrogen) atoms. The number of amides is 1. The van der Waals surface area contributed by atoms with Crippen LogP contribution in [-0.4, -0.2) is 54.4 Å². The number of hydrogen-bond acceptors (Lipinski definition) is 5. The Bertz CT molecular complexity index is 546. The number of carbonyl (C=O) groups is 1. The van der Waals surface area contributed by atoms with Crippen LogP contribution in [0.15, 0.2) is 18.3 Å². The Morgan fingerprint density at radius 1 is 1.35 bits per heavy atom. The Morgan fingerprint density at radius 2 is 2.04 bits per heavy atom. The van der Waals surface area contributed by atoms with Gasteiger partial charge in [-0.2, -0.15) is 0 Å². The minimum absolute atomic E-state index is 0.0222. The lowest BCUT2D eigenvalue weighted by Crippen LogP contribution is -2.47. The fraction of sp³-hybridized carbons (Fsp3) is 0.647. The molecule has 2 aliphatic rings. The van der Waals surface area contributed by atoms with Crippen LogP contribution in [-0.2, 0) is 9.47 Å². The van der Waals surface area contributed by atoms with Gasteiger partial charge in [-0.05, 0) is 18.1 Å². The summed E-state index contributed by atoms with van der Waals surface area (Å²) in [6, 6.07) is 3.72. The standard InChI is InChI=1S/C17H25N3O3/c1-13(2)12-19-14-3-6-18-15(11-14)16(21)20-7-4-17(5-8-20)22-9-10-23-17/h3,6,11,13H,4-5,7-10,12H2,1-2H3,(H,18,19). The molecule has 0 radical (unpaired) electrons. The van der Waals surface area contributed by atoms with E-state index in [2.05, 4.69) is 24.1 Å². The van der Waals surface area contributed by atoms with Gasteiger partial charge in [-0.3, -0.25) is 9.78 Å². The Labute approximate surface area is 137 Å².